The highest BCUT2D eigenvalue weighted by atomic mass is 35.5. The highest BCUT2D eigenvalue weighted by Gasteiger charge is 2.43. The number of amides is 1. The maximum atomic E-state index is 13.0. The summed E-state index contributed by atoms with van der Waals surface area (Å²) in [6.45, 7) is 1.61. The first-order chi connectivity index (χ1) is 12.7. The molecular weight excluding hydrogens is 420 g/mol. The van der Waals surface area contributed by atoms with Crippen LogP contribution < -0.4 is 0 Å². The van der Waals surface area contributed by atoms with Crippen molar-refractivity contribution in [1.29, 1.82) is 0 Å². The minimum absolute atomic E-state index is 0.0303. The normalized spacial score (nSPS) is 20.0. The van der Waals surface area contributed by atoms with Gasteiger partial charge in [0.15, 0.2) is 5.78 Å². The van der Waals surface area contributed by atoms with Gasteiger partial charge in [0.25, 0.3) is 11.7 Å². The summed E-state index contributed by atoms with van der Waals surface area (Å²) < 4.78 is 25.4. The van der Waals surface area contributed by atoms with Gasteiger partial charge in [-0.05, 0) is 42.8 Å². The summed E-state index contributed by atoms with van der Waals surface area (Å²) in [6.07, 6.45) is 0.129. The molecule has 1 aromatic rings. The Hall–Kier alpha value is -1.71. The predicted octanol–water partition coefficient (Wildman–Crippen LogP) is 4.49. The zero-order chi connectivity index (χ0) is 19.9. The second kappa shape index (κ2) is 7.73. The average Bonchev–Trinajstić information content (AvgIpc) is 3.13. The number of ketones is 1. The number of rotatable bonds is 5. The predicted molar refractivity (Wildman–Crippen MR) is 98.2 cm³/mol. The fraction of sp³-hybridized carbons (Fsp3) is 0.353. The SMILES string of the molecule is CC1=C(CC(=O)O)C2=C(Cl)C(=O)CCC2N1C(=O)c1ccc(SC(F)F)s1. The second-order valence-electron chi connectivity index (χ2n) is 6.01. The van der Waals surface area contributed by atoms with Crippen LogP contribution in [0.1, 0.15) is 35.9 Å². The van der Waals surface area contributed by atoms with E-state index in [9.17, 15) is 28.3 Å². The molecule has 1 unspecified atom stereocenters. The van der Waals surface area contributed by atoms with E-state index in [1.807, 2.05) is 0 Å². The van der Waals surface area contributed by atoms with Crippen molar-refractivity contribution in [2.24, 2.45) is 0 Å². The van der Waals surface area contributed by atoms with Crippen LogP contribution >= 0.6 is 34.7 Å². The van der Waals surface area contributed by atoms with E-state index in [4.69, 9.17) is 11.6 Å². The number of allylic oxidation sites excluding steroid dienone is 2. The van der Waals surface area contributed by atoms with Crippen LogP contribution in [-0.2, 0) is 9.59 Å². The van der Waals surface area contributed by atoms with Crippen molar-refractivity contribution in [3.63, 3.8) is 0 Å². The Bertz CT molecular complexity index is 893. The molecule has 1 amide bonds. The first-order valence-corrected chi connectivity index (χ1v) is 10.0. The zero-order valence-electron chi connectivity index (χ0n) is 14.0. The lowest BCUT2D eigenvalue weighted by atomic mass is 9.89. The van der Waals surface area contributed by atoms with Crippen LogP contribution in [0.5, 0.6) is 0 Å². The number of Topliss-reactive ketones (excluding diaryl/α,β-unsaturated/α-hetero) is 1. The molecule has 0 bridgehead atoms. The Labute approximate surface area is 166 Å². The Morgan fingerprint density at radius 2 is 2.15 bits per heavy atom. The molecule has 0 saturated carbocycles. The Balaban J connectivity index is 2.00. The number of fused-ring (bicyclic) bond motifs is 1. The van der Waals surface area contributed by atoms with E-state index in [0.29, 0.717) is 39.2 Å². The van der Waals surface area contributed by atoms with Gasteiger partial charge in [0, 0.05) is 17.7 Å². The Morgan fingerprint density at radius 1 is 1.44 bits per heavy atom. The summed E-state index contributed by atoms with van der Waals surface area (Å²) in [6, 6.07) is 2.40. The van der Waals surface area contributed by atoms with E-state index >= 15 is 0 Å². The number of hydrogen-bond acceptors (Lipinski definition) is 5. The summed E-state index contributed by atoms with van der Waals surface area (Å²) in [4.78, 5) is 38.0. The van der Waals surface area contributed by atoms with Gasteiger partial charge in [-0.25, -0.2) is 0 Å². The largest absolute Gasteiger partial charge is 0.481 e. The van der Waals surface area contributed by atoms with Crippen molar-refractivity contribution >= 4 is 52.4 Å². The van der Waals surface area contributed by atoms with Crippen molar-refractivity contribution in [2.75, 3.05) is 0 Å². The number of carbonyl (C=O) groups is 3. The molecule has 10 heteroatoms. The number of carbonyl (C=O) groups excluding carboxylic acids is 2. The number of hydrogen-bond donors (Lipinski definition) is 1. The lowest BCUT2D eigenvalue weighted by molar-refractivity contribution is -0.136. The molecule has 27 heavy (non-hydrogen) atoms. The van der Waals surface area contributed by atoms with E-state index in [1.54, 1.807) is 6.92 Å². The number of alkyl halides is 2. The third kappa shape index (κ3) is 3.81. The fourth-order valence-corrected chi connectivity index (χ4v) is 5.37. The van der Waals surface area contributed by atoms with E-state index < -0.39 is 23.7 Å². The van der Waals surface area contributed by atoms with Crippen molar-refractivity contribution in [1.82, 2.24) is 4.90 Å². The molecule has 0 radical (unpaired) electrons. The van der Waals surface area contributed by atoms with Gasteiger partial charge in [0.1, 0.15) is 0 Å². The number of carboxylic acids is 1. The van der Waals surface area contributed by atoms with Crippen LogP contribution in [0.3, 0.4) is 0 Å². The van der Waals surface area contributed by atoms with Crippen LogP contribution in [0.4, 0.5) is 8.78 Å². The quantitative estimate of drug-likeness (QED) is 0.692. The van der Waals surface area contributed by atoms with Gasteiger partial charge in [-0.2, -0.15) is 8.78 Å². The van der Waals surface area contributed by atoms with E-state index in [-0.39, 0.29) is 28.5 Å². The van der Waals surface area contributed by atoms with E-state index in [2.05, 4.69) is 0 Å². The summed E-state index contributed by atoms with van der Waals surface area (Å²) >= 11 is 7.48. The first-order valence-electron chi connectivity index (χ1n) is 7.93. The lowest BCUT2D eigenvalue weighted by Gasteiger charge is -2.29. The van der Waals surface area contributed by atoms with Gasteiger partial charge in [0.2, 0.25) is 0 Å². The maximum absolute atomic E-state index is 13.0. The molecule has 1 aromatic heterocycles. The molecule has 2 heterocycles. The van der Waals surface area contributed by atoms with Crippen molar-refractivity contribution in [3.8, 4) is 0 Å². The van der Waals surface area contributed by atoms with Crippen molar-refractivity contribution in [2.45, 2.75) is 42.2 Å². The number of halogens is 3. The summed E-state index contributed by atoms with van der Waals surface area (Å²) in [7, 11) is 0. The van der Waals surface area contributed by atoms with Gasteiger partial charge in [-0.15, -0.1) is 11.3 Å². The average molecular weight is 434 g/mol. The van der Waals surface area contributed by atoms with E-state index in [0.717, 1.165) is 11.3 Å². The first kappa shape index (κ1) is 20.0. The second-order valence-corrected chi connectivity index (χ2v) is 8.76. The van der Waals surface area contributed by atoms with Gasteiger partial charge >= 0.3 is 5.97 Å². The minimum atomic E-state index is -2.58. The van der Waals surface area contributed by atoms with Gasteiger partial charge in [0.05, 0.1) is 26.6 Å². The number of aliphatic carboxylic acids is 1. The summed E-state index contributed by atoms with van der Waals surface area (Å²) in [5.41, 5.74) is 1.17. The smallest absolute Gasteiger partial charge is 0.307 e. The summed E-state index contributed by atoms with van der Waals surface area (Å²) in [5.74, 6) is -4.38. The topological polar surface area (TPSA) is 74.7 Å². The molecule has 1 N–H and O–H groups in total. The highest BCUT2D eigenvalue weighted by Crippen LogP contribution is 2.44. The van der Waals surface area contributed by atoms with Crippen molar-refractivity contribution < 1.29 is 28.3 Å². The number of nitrogens with zero attached hydrogens (tertiary/aromatic N) is 1. The molecular formula is C17H14ClF2NO4S2. The molecule has 0 fully saturated rings. The Kier molecular flexibility index (Phi) is 5.73. The molecule has 1 aliphatic heterocycles. The summed E-state index contributed by atoms with van der Waals surface area (Å²) in [5, 5.41) is 9.17. The van der Waals surface area contributed by atoms with E-state index in [1.165, 1.54) is 17.0 Å². The monoisotopic (exact) mass is 433 g/mol. The molecule has 0 aromatic carbocycles. The molecule has 0 spiro atoms. The molecule has 144 valence electrons. The highest BCUT2D eigenvalue weighted by molar-refractivity contribution is 8.01. The molecule has 1 atom stereocenters. The molecule has 1 aliphatic carbocycles. The number of carboxylic acid groups (broad SMARTS) is 1. The zero-order valence-corrected chi connectivity index (χ0v) is 16.4. The van der Waals surface area contributed by atoms with Crippen LogP contribution in [0.25, 0.3) is 0 Å². The molecule has 3 rings (SSSR count). The Morgan fingerprint density at radius 3 is 2.78 bits per heavy atom. The van der Waals surface area contributed by atoms with Crippen LogP contribution in [-0.4, -0.2) is 39.5 Å². The molecule has 0 saturated heterocycles. The lowest BCUT2D eigenvalue weighted by Crippen LogP contribution is -2.38. The third-order valence-corrected chi connectivity index (χ3v) is 6.81. The van der Waals surface area contributed by atoms with Crippen LogP contribution in [0, 0.1) is 0 Å². The number of thiophene rings is 1. The fourth-order valence-electron chi connectivity index (χ4n) is 3.36. The minimum Gasteiger partial charge on any atom is -0.481 e. The van der Waals surface area contributed by atoms with Gasteiger partial charge < -0.3 is 10.0 Å². The van der Waals surface area contributed by atoms with Crippen molar-refractivity contribution in [3.05, 3.63) is 38.9 Å². The third-order valence-electron chi connectivity index (χ3n) is 4.44. The van der Waals surface area contributed by atoms with Crippen LogP contribution in [0.2, 0.25) is 0 Å². The number of thioether (sulfide) groups is 1. The maximum Gasteiger partial charge on any atom is 0.307 e. The van der Waals surface area contributed by atoms with Gasteiger partial charge in [-0.1, -0.05) is 11.6 Å². The van der Waals surface area contributed by atoms with Gasteiger partial charge in [-0.3, -0.25) is 14.4 Å². The van der Waals surface area contributed by atoms with Crippen LogP contribution in [0.15, 0.2) is 38.2 Å². The molecule has 5 nitrogen and oxygen atoms in total. The standard InChI is InChI=1S/C17H14ClF2NO4S2/c1-7-8(6-12(23)24)14-9(2-3-10(22)15(14)18)21(7)16(25)11-4-5-13(26-11)27-17(19)20/h4-5,9,17H,2-3,6H2,1H3,(H,23,24). The molecule has 2 aliphatic rings.